The van der Waals surface area contributed by atoms with Gasteiger partial charge in [-0.3, -0.25) is 0 Å². The Balaban J connectivity index is 2.56. The van der Waals surface area contributed by atoms with Gasteiger partial charge in [-0.05, 0) is 12.8 Å². The van der Waals surface area contributed by atoms with Gasteiger partial charge in [-0.2, -0.15) is 0 Å². The summed E-state index contributed by atoms with van der Waals surface area (Å²) in [6.07, 6.45) is 4.19. The zero-order chi connectivity index (χ0) is 7.83. The molecule has 0 spiro atoms. The van der Waals surface area contributed by atoms with E-state index in [0.29, 0.717) is 9.49 Å². The summed E-state index contributed by atoms with van der Waals surface area (Å²) in [7, 11) is 0. The summed E-state index contributed by atoms with van der Waals surface area (Å²) in [6.45, 7) is 9.44. The third kappa shape index (κ3) is 2.19. The molecule has 1 aliphatic rings. The highest BCUT2D eigenvalue weighted by atomic mass is 32.2. The SMILES string of the molecule is CC1(C)CCCC(C)(C)S1. The summed E-state index contributed by atoms with van der Waals surface area (Å²) in [5, 5.41) is 0. The average molecular weight is 158 g/mol. The van der Waals surface area contributed by atoms with Gasteiger partial charge in [0.05, 0.1) is 0 Å². The minimum Gasteiger partial charge on any atom is -0.149 e. The average Bonchev–Trinajstić information content (AvgIpc) is 1.56. The second-order valence-electron chi connectivity index (χ2n) is 4.48. The normalized spacial score (nSPS) is 30.0. The lowest BCUT2D eigenvalue weighted by atomic mass is 9.98. The Kier molecular flexibility index (Phi) is 2.06. The van der Waals surface area contributed by atoms with Crippen LogP contribution in [0.2, 0.25) is 0 Å². The molecule has 1 heteroatoms. The first-order valence-electron chi connectivity index (χ1n) is 4.12. The second-order valence-corrected chi connectivity index (χ2v) is 6.89. The van der Waals surface area contributed by atoms with Crippen molar-refractivity contribution in [2.45, 2.75) is 56.5 Å². The van der Waals surface area contributed by atoms with E-state index in [9.17, 15) is 0 Å². The molecule has 1 saturated heterocycles. The lowest BCUT2D eigenvalue weighted by Gasteiger charge is -2.39. The Morgan fingerprint density at radius 3 is 1.50 bits per heavy atom. The van der Waals surface area contributed by atoms with Crippen LogP contribution in [0.1, 0.15) is 47.0 Å². The number of rotatable bonds is 0. The van der Waals surface area contributed by atoms with Crippen LogP contribution in [-0.4, -0.2) is 9.49 Å². The Bertz CT molecular complexity index is 111. The molecule has 0 atom stereocenters. The smallest absolute Gasteiger partial charge is 0.0109 e. The van der Waals surface area contributed by atoms with Gasteiger partial charge in [0.2, 0.25) is 0 Å². The molecule has 0 saturated carbocycles. The molecule has 1 heterocycles. The molecule has 0 bridgehead atoms. The van der Waals surface area contributed by atoms with Crippen molar-refractivity contribution in [1.29, 1.82) is 0 Å². The van der Waals surface area contributed by atoms with Crippen LogP contribution in [0.5, 0.6) is 0 Å². The minimum atomic E-state index is 0.530. The summed E-state index contributed by atoms with van der Waals surface area (Å²) >= 11 is 2.15. The predicted molar refractivity (Wildman–Crippen MR) is 49.6 cm³/mol. The van der Waals surface area contributed by atoms with E-state index >= 15 is 0 Å². The zero-order valence-corrected chi connectivity index (χ0v) is 8.35. The molecule has 1 fully saturated rings. The number of hydrogen-bond acceptors (Lipinski definition) is 1. The topological polar surface area (TPSA) is 0 Å². The van der Waals surface area contributed by atoms with Gasteiger partial charge in [0, 0.05) is 9.49 Å². The minimum absolute atomic E-state index is 0.530. The third-order valence-electron chi connectivity index (χ3n) is 2.11. The lowest BCUT2D eigenvalue weighted by molar-refractivity contribution is 0.486. The predicted octanol–water partition coefficient (Wildman–Crippen LogP) is 3.46. The first-order valence-corrected chi connectivity index (χ1v) is 4.93. The first-order chi connectivity index (χ1) is 4.41. The highest BCUT2D eigenvalue weighted by molar-refractivity contribution is 8.01. The van der Waals surface area contributed by atoms with Crippen LogP contribution in [0.4, 0.5) is 0 Å². The molecule has 0 aromatic rings. The van der Waals surface area contributed by atoms with E-state index in [-0.39, 0.29) is 0 Å². The molecule has 0 radical (unpaired) electrons. The van der Waals surface area contributed by atoms with Crippen LogP contribution in [0.15, 0.2) is 0 Å². The number of thioether (sulfide) groups is 1. The molecule has 0 unspecified atom stereocenters. The third-order valence-corrected chi connectivity index (χ3v) is 3.62. The summed E-state index contributed by atoms with van der Waals surface area (Å²) in [4.78, 5) is 0. The molecule has 0 N–H and O–H groups in total. The van der Waals surface area contributed by atoms with Crippen molar-refractivity contribution in [3.05, 3.63) is 0 Å². The van der Waals surface area contributed by atoms with E-state index in [2.05, 4.69) is 39.5 Å². The monoisotopic (exact) mass is 158 g/mol. The molecule has 0 nitrogen and oxygen atoms in total. The highest BCUT2D eigenvalue weighted by Gasteiger charge is 2.33. The van der Waals surface area contributed by atoms with Gasteiger partial charge in [0.15, 0.2) is 0 Å². The Hall–Kier alpha value is 0.350. The maximum absolute atomic E-state index is 2.36. The van der Waals surface area contributed by atoms with Gasteiger partial charge < -0.3 is 0 Å². The maximum Gasteiger partial charge on any atom is 0.0109 e. The van der Waals surface area contributed by atoms with Crippen LogP contribution < -0.4 is 0 Å². The zero-order valence-electron chi connectivity index (χ0n) is 7.53. The summed E-state index contributed by atoms with van der Waals surface area (Å²) < 4.78 is 1.06. The van der Waals surface area contributed by atoms with E-state index < -0.39 is 0 Å². The van der Waals surface area contributed by atoms with Crippen molar-refractivity contribution in [2.24, 2.45) is 0 Å². The van der Waals surface area contributed by atoms with Crippen molar-refractivity contribution in [3.8, 4) is 0 Å². The molecule has 1 aliphatic heterocycles. The molecule has 10 heavy (non-hydrogen) atoms. The van der Waals surface area contributed by atoms with Gasteiger partial charge in [0.25, 0.3) is 0 Å². The second kappa shape index (κ2) is 2.44. The van der Waals surface area contributed by atoms with E-state index in [1.165, 1.54) is 19.3 Å². The van der Waals surface area contributed by atoms with Crippen LogP contribution in [0.3, 0.4) is 0 Å². The van der Waals surface area contributed by atoms with E-state index in [0.717, 1.165) is 0 Å². The number of hydrogen-bond donors (Lipinski definition) is 0. The molecule has 0 aromatic heterocycles. The van der Waals surface area contributed by atoms with Crippen molar-refractivity contribution in [1.82, 2.24) is 0 Å². The van der Waals surface area contributed by atoms with Gasteiger partial charge >= 0.3 is 0 Å². The van der Waals surface area contributed by atoms with Crippen LogP contribution in [0.25, 0.3) is 0 Å². The quantitative estimate of drug-likeness (QED) is 0.520. The summed E-state index contributed by atoms with van der Waals surface area (Å²) in [5.41, 5.74) is 0. The molecular weight excluding hydrogens is 140 g/mol. The first kappa shape index (κ1) is 8.45. The van der Waals surface area contributed by atoms with Crippen molar-refractivity contribution < 1.29 is 0 Å². The fraction of sp³-hybridized carbons (Fsp3) is 1.00. The van der Waals surface area contributed by atoms with E-state index in [1.807, 2.05) is 0 Å². The van der Waals surface area contributed by atoms with Gasteiger partial charge in [-0.15, -0.1) is 11.8 Å². The standard InChI is InChI=1S/C9H18S/c1-8(2)6-5-7-9(3,4)10-8/h5-7H2,1-4H3. The molecule has 0 amide bonds. The van der Waals surface area contributed by atoms with E-state index in [4.69, 9.17) is 0 Å². The molecule has 60 valence electrons. The van der Waals surface area contributed by atoms with Gasteiger partial charge in [-0.25, -0.2) is 0 Å². The highest BCUT2D eigenvalue weighted by Crippen LogP contribution is 2.46. The van der Waals surface area contributed by atoms with Crippen molar-refractivity contribution in [2.75, 3.05) is 0 Å². The van der Waals surface area contributed by atoms with Gasteiger partial charge in [-0.1, -0.05) is 34.1 Å². The maximum atomic E-state index is 2.36. The van der Waals surface area contributed by atoms with Crippen LogP contribution in [-0.2, 0) is 0 Å². The lowest BCUT2D eigenvalue weighted by Crippen LogP contribution is -2.31. The Morgan fingerprint density at radius 1 is 0.900 bits per heavy atom. The largest absolute Gasteiger partial charge is 0.149 e. The van der Waals surface area contributed by atoms with E-state index in [1.54, 1.807) is 0 Å². The fourth-order valence-electron chi connectivity index (χ4n) is 1.79. The van der Waals surface area contributed by atoms with Gasteiger partial charge in [0.1, 0.15) is 0 Å². The molecule has 1 rings (SSSR count). The molecule has 0 aromatic carbocycles. The van der Waals surface area contributed by atoms with Crippen LogP contribution >= 0.6 is 11.8 Å². The van der Waals surface area contributed by atoms with Crippen molar-refractivity contribution >= 4 is 11.8 Å². The molecule has 0 aliphatic carbocycles. The Morgan fingerprint density at radius 2 is 1.30 bits per heavy atom. The summed E-state index contributed by atoms with van der Waals surface area (Å²) in [6, 6.07) is 0. The summed E-state index contributed by atoms with van der Waals surface area (Å²) in [5.74, 6) is 0. The molecular formula is C9H18S. The fourth-order valence-corrected chi connectivity index (χ4v) is 3.78. The Labute approximate surface area is 68.8 Å². The van der Waals surface area contributed by atoms with Crippen LogP contribution in [0, 0.1) is 0 Å². The van der Waals surface area contributed by atoms with Crippen molar-refractivity contribution in [3.63, 3.8) is 0 Å².